The fraction of sp³-hybridized carbons (Fsp3) is 0.455. The highest BCUT2D eigenvalue weighted by molar-refractivity contribution is 5.79. The number of hydrogen-bond acceptors (Lipinski definition) is 4. The zero-order chi connectivity index (χ0) is 19.7. The van der Waals surface area contributed by atoms with Gasteiger partial charge >= 0.3 is 0 Å². The highest BCUT2D eigenvalue weighted by Gasteiger charge is 2.29. The van der Waals surface area contributed by atoms with E-state index in [1.165, 1.54) is 0 Å². The van der Waals surface area contributed by atoms with E-state index in [2.05, 4.69) is 29.5 Å². The normalized spacial score (nSPS) is 19.4. The molecule has 1 atom stereocenters. The van der Waals surface area contributed by atoms with Gasteiger partial charge in [0, 0.05) is 32.0 Å². The Morgan fingerprint density at radius 2 is 2.07 bits per heavy atom. The van der Waals surface area contributed by atoms with Gasteiger partial charge in [-0.2, -0.15) is 0 Å². The molecule has 1 aromatic heterocycles. The lowest BCUT2D eigenvalue weighted by Crippen LogP contribution is -2.45. The smallest absolute Gasteiger partial charge is 0.213 e. The van der Waals surface area contributed by atoms with E-state index in [4.69, 9.17) is 14.5 Å². The molecule has 0 radical (unpaired) electrons. The third kappa shape index (κ3) is 6.23. The first kappa shape index (κ1) is 20.1. The fourth-order valence-electron chi connectivity index (χ4n) is 3.12. The van der Waals surface area contributed by atoms with Crippen molar-refractivity contribution in [2.45, 2.75) is 45.4 Å². The van der Waals surface area contributed by atoms with Crippen molar-refractivity contribution in [1.82, 2.24) is 15.6 Å². The second-order valence-electron chi connectivity index (χ2n) is 7.23. The number of rotatable bonds is 8. The minimum atomic E-state index is -0.106. The van der Waals surface area contributed by atoms with Gasteiger partial charge in [-0.3, -0.25) is 0 Å². The van der Waals surface area contributed by atoms with E-state index in [-0.39, 0.29) is 5.60 Å². The molecule has 0 bridgehead atoms. The maximum atomic E-state index is 5.84. The van der Waals surface area contributed by atoms with Gasteiger partial charge in [-0.25, -0.2) is 9.98 Å². The predicted octanol–water partition coefficient (Wildman–Crippen LogP) is 3.28. The summed E-state index contributed by atoms with van der Waals surface area (Å²) in [5.74, 6) is 1.41. The maximum Gasteiger partial charge on any atom is 0.213 e. The van der Waals surface area contributed by atoms with Crippen LogP contribution >= 0.6 is 0 Å². The van der Waals surface area contributed by atoms with E-state index in [9.17, 15) is 0 Å². The number of hydrogen-bond donors (Lipinski definition) is 2. The number of guanidine groups is 1. The van der Waals surface area contributed by atoms with Crippen LogP contribution in [0.25, 0.3) is 0 Å². The predicted molar refractivity (Wildman–Crippen MR) is 111 cm³/mol. The third-order valence-corrected chi connectivity index (χ3v) is 4.72. The van der Waals surface area contributed by atoms with E-state index < -0.39 is 0 Å². The molecule has 28 heavy (non-hydrogen) atoms. The number of nitrogens with one attached hydrogen (secondary N) is 2. The lowest BCUT2D eigenvalue weighted by Gasteiger charge is -2.24. The maximum absolute atomic E-state index is 5.84. The lowest BCUT2D eigenvalue weighted by atomic mass is 10.0. The Labute approximate surface area is 167 Å². The molecule has 2 heterocycles. The quantitative estimate of drug-likeness (QED) is 0.542. The summed E-state index contributed by atoms with van der Waals surface area (Å²) in [6, 6.07) is 14.0. The topological polar surface area (TPSA) is 67.8 Å². The summed E-state index contributed by atoms with van der Waals surface area (Å²) >= 11 is 0. The van der Waals surface area contributed by atoms with Crippen molar-refractivity contribution in [3.05, 3.63) is 59.8 Å². The number of pyridine rings is 1. The second kappa shape index (κ2) is 10.1. The molecule has 0 spiro atoms. The number of aliphatic imine (C=N–C) groups is 1. The molecule has 0 aliphatic carbocycles. The van der Waals surface area contributed by atoms with Crippen LogP contribution in [0, 0.1) is 0 Å². The molecule has 3 rings (SSSR count). The number of nitrogens with zero attached hydrogens (tertiary/aromatic N) is 2. The highest BCUT2D eigenvalue weighted by atomic mass is 16.5. The fourth-order valence-corrected chi connectivity index (χ4v) is 3.12. The van der Waals surface area contributed by atoms with Crippen LogP contribution in [-0.4, -0.2) is 36.2 Å². The van der Waals surface area contributed by atoms with Gasteiger partial charge in [-0.1, -0.05) is 30.3 Å². The molecule has 1 aromatic carbocycles. The van der Waals surface area contributed by atoms with Crippen molar-refractivity contribution < 1.29 is 9.47 Å². The van der Waals surface area contributed by atoms with E-state index in [1.807, 2.05) is 42.5 Å². The van der Waals surface area contributed by atoms with Crippen LogP contribution in [0.15, 0.2) is 53.7 Å². The summed E-state index contributed by atoms with van der Waals surface area (Å²) in [6.07, 6.45) is 3.96. The van der Waals surface area contributed by atoms with Crippen LogP contribution < -0.4 is 15.4 Å². The largest absolute Gasteiger partial charge is 0.473 e. The molecule has 150 valence electrons. The molecule has 1 saturated heterocycles. The van der Waals surface area contributed by atoms with Crippen molar-refractivity contribution >= 4 is 5.96 Å². The Morgan fingerprint density at radius 3 is 2.82 bits per heavy atom. The molecule has 1 aliphatic rings. The van der Waals surface area contributed by atoms with E-state index in [0.717, 1.165) is 49.6 Å². The first-order valence-corrected chi connectivity index (χ1v) is 9.95. The Kier molecular flexibility index (Phi) is 7.25. The van der Waals surface area contributed by atoms with Gasteiger partial charge < -0.3 is 20.1 Å². The summed E-state index contributed by atoms with van der Waals surface area (Å²) in [6.45, 7) is 7.67. The zero-order valence-corrected chi connectivity index (χ0v) is 16.8. The molecule has 1 aliphatic heterocycles. The highest BCUT2D eigenvalue weighted by Crippen LogP contribution is 2.23. The number of benzene rings is 1. The molecule has 1 unspecified atom stereocenters. The Morgan fingerprint density at radius 1 is 1.21 bits per heavy atom. The Bertz CT molecular complexity index is 758. The molecule has 6 nitrogen and oxygen atoms in total. The zero-order valence-electron chi connectivity index (χ0n) is 16.8. The van der Waals surface area contributed by atoms with Crippen molar-refractivity contribution in [1.29, 1.82) is 0 Å². The summed E-state index contributed by atoms with van der Waals surface area (Å²) in [7, 11) is 0. The molecule has 1 fully saturated rings. The van der Waals surface area contributed by atoms with Gasteiger partial charge in [0.15, 0.2) is 5.96 Å². The third-order valence-electron chi connectivity index (χ3n) is 4.72. The average molecular weight is 383 g/mol. The minimum absolute atomic E-state index is 0.106. The van der Waals surface area contributed by atoms with Crippen LogP contribution in [0.4, 0.5) is 0 Å². The van der Waals surface area contributed by atoms with Crippen molar-refractivity contribution in [3.8, 4) is 5.88 Å². The lowest BCUT2D eigenvalue weighted by molar-refractivity contribution is 0.0243. The SMILES string of the molecule is CCNC(=NCc1ccnc(OCc2ccccc2)c1)NCC1(C)CCCO1. The van der Waals surface area contributed by atoms with Gasteiger partial charge in [-0.15, -0.1) is 0 Å². The second-order valence-corrected chi connectivity index (χ2v) is 7.23. The first-order chi connectivity index (χ1) is 13.7. The van der Waals surface area contributed by atoms with Crippen molar-refractivity contribution in [2.75, 3.05) is 19.7 Å². The van der Waals surface area contributed by atoms with E-state index in [0.29, 0.717) is 19.0 Å². The standard InChI is InChI=1S/C22H30N4O2/c1-3-23-21(26-17-22(2)11-7-13-28-22)25-15-19-10-12-24-20(14-19)27-16-18-8-5-4-6-9-18/h4-6,8-10,12,14H,3,7,11,13,15-17H2,1-2H3,(H2,23,25,26). The van der Waals surface area contributed by atoms with Gasteiger partial charge in [-0.05, 0) is 43.9 Å². The van der Waals surface area contributed by atoms with Gasteiger partial charge in [0.1, 0.15) is 6.61 Å². The summed E-state index contributed by atoms with van der Waals surface area (Å²) in [5.41, 5.74) is 2.07. The Hall–Kier alpha value is -2.60. The van der Waals surface area contributed by atoms with Crippen LogP contribution in [0.5, 0.6) is 5.88 Å². The Balaban J connectivity index is 1.55. The monoisotopic (exact) mass is 382 g/mol. The molecule has 0 saturated carbocycles. The summed E-state index contributed by atoms with van der Waals surface area (Å²) in [4.78, 5) is 8.99. The molecule has 6 heteroatoms. The average Bonchev–Trinajstić information content (AvgIpc) is 3.16. The molecular formula is C22H30N4O2. The molecule has 2 N–H and O–H groups in total. The molecular weight excluding hydrogens is 352 g/mol. The first-order valence-electron chi connectivity index (χ1n) is 9.95. The minimum Gasteiger partial charge on any atom is -0.473 e. The van der Waals surface area contributed by atoms with Gasteiger partial charge in [0.2, 0.25) is 5.88 Å². The van der Waals surface area contributed by atoms with E-state index >= 15 is 0 Å². The summed E-state index contributed by atoms with van der Waals surface area (Å²) in [5, 5.41) is 6.69. The van der Waals surface area contributed by atoms with Gasteiger partial charge in [0.05, 0.1) is 12.1 Å². The van der Waals surface area contributed by atoms with Crippen molar-refractivity contribution in [2.24, 2.45) is 4.99 Å². The van der Waals surface area contributed by atoms with E-state index in [1.54, 1.807) is 6.20 Å². The summed E-state index contributed by atoms with van der Waals surface area (Å²) < 4.78 is 11.6. The van der Waals surface area contributed by atoms with Crippen LogP contribution in [0.2, 0.25) is 0 Å². The van der Waals surface area contributed by atoms with Crippen LogP contribution in [0.3, 0.4) is 0 Å². The molecule has 2 aromatic rings. The number of aromatic nitrogens is 1. The van der Waals surface area contributed by atoms with Crippen LogP contribution in [0.1, 0.15) is 37.8 Å². The van der Waals surface area contributed by atoms with Gasteiger partial charge in [0.25, 0.3) is 0 Å². The van der Waals surface area contributed by atoms with Crippen molar-refractivity contribution in [3.63, 3.8) is 0 Å². The molecule has 0 amide bonds. The van der Waals surface area contributed by atoms with Crippen LogP contribution in [-0.2, 0) is 17.9 Å². The number of ether oxygens (including phenoxy) is 2.